The molecule has 14 heavy (non-hydrogen) atoms. The Morgan fingerprint density at radius 2 is 1.36 bits per heavy atom. The lowest BCUT2D eigenvalue weighted by molar-refractivity contribution is -0.180. The fourth-order valence-electron chi connectivity index (χ4n) is 1.03. The summed E-state index contributed by atoms with van der Waals surface area (Å²) in [5.74, 6) is -0.535. The largest absolute Gasteiger partial charge is 0.397 e. The predicted octanol–water partition coefficient (Wildman–Crippen LogP) is 3.67. The van der Waals surface area contributed by atoms with Gasteiger partial charge in [0.1, 0.15) is 5.82 Å². The quantitative estimate of drug-likeness (QED) is 0.615. The van der Waals surface area contributed by atoms with Crippen LogP contribution in [0.25, 0.3) is 0 Å². The van der Waals surface area contributed by atoms with Crippen molar-refractivity contribution in [3.8, 4) is 0 Å². The van der Waals surface area contributed by atoms with Crippen LogP contribution in [-0.2, 0) is 5.41 Å². The lowest BCUT2D eigenvalue weighted by Gasteiger charge is -2.28. The van der Waals surface area contributed by atoms with Gasteiger partial charge >= 0.3 is 6.18 Å². The van der Waals surface area contributed by atoms with Crippen LogP contribution in [0.1, 0.15) is 19.4 Å². The molecule has 1 rings (SSSR count). The normalized spacial score (nSPS) is 13.0. The minimum Gasteiger partial charge on any atom is -0.207 e. The number of benzene rings is 1. The standard InChI is InChI=1S/C10H10F4/c1-9(2,10(12,13)14)7-3-5-8(11)6-4-7/h3-6H,1-2H3. The topological polar surface area (TPSA) is 0 Å². The molecule has 0 radical (unpaired) electrons. The Kier molecular flexibility index (Phi) is 2.56. The van der Waals surface area contributed by atoms with Crippen molar-refractivity contribution in [3.63, 3.8) is 0 Å². The van der Waals surface area contributed by atoms with Gasteiger partial charge in [-0.05, 0) is 31.5 Å². The van der Waals surface area contributed by atoms with Gasteiger partial charge < -0.3 is 0 Å². The molecule has 0 N–H and O–H groups in total. The molecular formula is C10H10F4. The zero-order chi connectivity index (χ0) is 11.0. The SMILES string of the molecule is CC(C)(c1ccc(F)cc1)C(F)(F)F. The van der Waals surface area contributed by atoms with Crippen molar-refractivity contribution in [1.82, 2.24) is 0 Å². The highest BCUT2D eigenvalue weighted by Crippen LogP contribution is 2.40. The van der Waals surface area contributed by atoms with Gasteiger partial charge in [-0.25, -0.2) is 4.39 Å². The average molecular weight is 206 g/mol. The maximum absolute atomic E-state index is 12.5. The summed E-state index contributed by atoms with van der Waals surface area (Å²) in [5.41, 5.74) is -1.88. The first-order valence-corrected chi connectivity index (χ1v) is 4.08. The summed E-state index contributed by atoms with van der Waals surface area (Å²) in [6, 6.07) is 4.37. The van der Waals surface area contributed by atoms with E-state index in [1.54, 1.807) is 0 Å². The third-order valence-corrected chi connectivity index (χ3v) is 2.27. The monoisotopic (exact) mass is 206 g/mol. The Hall–Kier alpha value is -1.06. The Morgan fingerprint density at radius 3 is 1.71 bits per heavy atom. The highest BCUT2D eigenvalue weighted by atomic mass is 19.4. The maximum Gasteiger partial charge on any atom is 0.397 e. The van der Waals surface area contributed by atoms with E-state index >= 15 is 0 Å². The molecule has 0 saturated heterocycles. The van der Waals surface area contributed by atoms with E-state index in [2.05, 4.69) is 0 Å². The summed E-state index contributed by atoms with van der Waals surface area (Å²) >= 11 is 0. The Morgan fingerprint density at radius 1 is 0.929 bits per heavy atom. The van der Waals surface area contributed by atoms with Crippen LogP contribution in [0, 0.1) is 5.82 Å². The van der Waals surface area contributed by atoms with E-state index in [-0.39, 0.29) is 5.56 Å². The van der Waals surface area contributed by atoms with Crippen molar-refractivity contribution in [2.24, 2.45) is 0 Å². The van der Waals surface area contributed by atoms with E-state index in [0.29, 0.717) is 0 Å². The van der Waals surface area contributed by atoms with Crippen LogP contribution < -0.4 is 0 Å². The molecule has 0 aliphatic carbocycles. The van der Waals surface area contributed by atoms with Gasteiger partial charge in [0.25, 0.3) is 0 Å². The van der Waals surface area contributed by atoms with Gasteiger partial charge in [-0.1, -0.05) is 12.1 Å². The minimum atomic E-state index is -4.33. The van der Waals surface area contributed by atoms with Crippen molar-refractivity contribution in [3.05, 3.63) is 35.6 Å². The van der Waals surface area contributed by atoms with Gasteiger partial charge in [-0.15, -0.1) is 0 Å². The third-order valence-electron chi connectivity index (χ3n) is 2.27. The van der Waals surface area contributed by atoms with Crippen LogP contribution in [0.15, 0.2) is 24.3 Å². The number of rotatable bonds is 1. The zero-order valence-corrected chi connectivity index (χ0v) is 7.82. The zero-order valence-electron chi connectivity index (χ0n) is 7.82. The third kappa shape index (κ3) is 1.89. The van der Waals surface area contributed by atoms with E-state index in [1.807, 2.05) is 0 Å². The summed E-state index contributed by atoms with van der Waals surface area (Å²) in [4.78, 5) is 0. The summed E-state index contributed by atoms with van der Waals surface area (Å²) in [5, 5.41) is 0. The highest BCUT2D eigenvalue weighted by Gasteiger charge is 2.48. The summed E-state index contributed by atoms with van der Waals surface area (Å²) in [7, 11) is 0. The van der Waals surface area contributed by atoms with Crippen molar-refractivity contribution in [1.29, 1.82) is 0 Å². The van der Waals surface area contributed by atoms with Gasteiger partial charge in [0.05, 0.1) is 5.41 Å². The van der Waals surface area contributed by atoms with Crippen LogP contribution >= 0.6 is 0 Å². The number of alkyl halides is 3. The fraction of sp³-hybridized carbons (Fsp3) is 0.400. The molecule has 0 aliphatic rings. The molecule has 0 spiro atoms. The lowest BCUT2D eigenvalue weighted by Crippen LogP contribution is -2.36. The van der Waals surface area contributed by atoms with Gasteiger partial charge in [0.15, 0.2) is 0 Å². The first-order valence-electron chi connectivity index (χ1n) is 4.08. The molecule has 78 valence electrons. The molecule has 0 aromatic heterocycles. The molecule has 0 fully saturated rings. The number of hydrogen-bond acceptors (Lipinski definition) is 0. The van der Waals surface area contributed by atoms with Crippen LogP contribution in [-0.4, -0.2) is 6.18 Å². The van der Waals surface area contributed by atoms with E-state index in [1.165, 1.54) is 0 Å². The van der Waals surface area contributed by atoms with Crippen molar-refractivity contribution >= 4 is 0 Å². The molecule has 1 aromatic rings. The average Bonchev–Trinajstić information content (AvgIpc) is 2.03. The van der Waals surface area contributed by atoms with E-state index in [0.717, 1.165) is 38.1 Å². The Labute approximate surface area is 79.6 Å². The minimum absolute atomic E-state index is 0.0615. The van der Waals surface area contributed by atoms with Gasteiger partial charge in [-0.2, -0.15) is 13.2 Å². The van der Waals surface area contributed by atoms with Crippen molar-refractivity contribution < 1.29 is 17.6 Å². The van der Waals surface area contributed by atoms with Crippen LogP contribution in [0.4, 0.5) is 17.6 Å². The molecular weight excluding hydrogens is 196 g/mol. The summed E-state index contributed by atoms with van der Waals surface area (Å²) in [6.45, 7) is 2.14. The predicted molar refractivity (Wildman–Crippen MR) is 45.5 cm³/mol. The first-order chi connectivity index (χ1) is 6.25. The molecule has 0 saturated carbocycles. The van der Waals surface area contributed by atoms with E-state index in [4.69, 9.17) is 0 Å². The van der Waals surface area contributed by atoms with Crippen molar-refractivity contribution in [2.45, 2.75) is 25.4 Å². The second-order valence-corrected chi connectivity index (χ2v) is 3.63. The summed E-state index contributed by atoms with van der Waals surface area (Å²) in [6.07, 6.45) is -4.33. The molecule has 4 heteroatoms. The lowest BCUT2D eigenvalue weighted by atomic mass is 9.84. The number of halogens is 4. The Bertz CT molecular complexity index is 308. The second kappa shape index (κ2) is 3.26. The van der Waals surface area contributed by atoms with Gasteiger partial charge in [0, 0.05) is 0 Å². The molecule has 0 bridgehead atoms. The fourth-order valence-corrected chi connectivity index (χ4v) is 1.03. The van der Waals surface area contributed by atoms with E-state index in [9.17, 15) is 17.6 Å². The molecule has 0 atom stereocenters. The van der Waals surface area contributed by atoms with E-state index < -0.39 is 17.4 Å². The molecule has 0 nitrogen and oxygen atoms in total. The maximum atomic E-state index is 12.5. The van der Waals surface area contributed by atoms with Gasteiger partial charge in [0.2, 0.25) is 0 Å². The summed E-state index contributed by atoms with van der Waals surface area (Å²) < 4.78 is 50.1. The van der Waals surface area contributed by atoms with Crippen LogP contribution in [0.2, 0.25) is 0 Å². The first kappa shape index (κ1) is 11.0. The molecule has 0 heterocycles. The molecule has 0 unspecified atom stereocenters. The van der Waals surface area contributed by atoms with Crippen LogP contribution in [0.3, 0.4) is 0 Å². The van der Waals surface area contributed by atoms with Crippen LogP contribution in [0.5, 0.6) is 0 Å². The van der Waals surface area contributed by atoms with Gasteiger partial charge in [-0.3, -0.25) is 0 Å². The smallest absolute Gasteiger partial charge is 0.207 e. The highest BCUT2D eigenvalue weighted by molar-refractivity contribution is 5.25. The second-order valence-electron chi connectivity index (χ2n) is 3.63. The Balaban J connectivity index is 3.10. The van der Waals surface area contributed by atoms with Crippen molar-refractivity contribution in [2.75, 3.05) is 0 Å². The number of hydrogen-bond donors (Lipinski definition) is 0. The molecule has 0 amide bonds. The molecule has 0 aliphatic heterocycles. The molecule has 1 aromatic carbocycles.